The predicted molar refractivity (Wildman–Crippen MR) is 84.9 cm³/mol. The Morgan fingerprint density at radius 1 is 1.30 bits per heavy atom. The van der Waals surface area contributed by atoms with E-state index in [-0.39, 0.29) is 5.91 Å². The van der Waals surface area contributed by atoms with Crippen molar-refractivity contribution in [3.05, 3.63) is 22.2 Å². The highest BCUT2D eigenvalue weighted by Gasteiger charge is 2.30. The zero-order valence-corrected chi connectivity index (χ0v) is 13.4. The molecule has 108 valence electrons. The number of hydrogen-bond acceptors (Lipinski definition) is 3. The zero-order valence-electron chi connectivity index (χ0n) is 11.8. The average molecular weight is 338 g/mol. The van der Waals surface area contributed by atoms with Crippen molar-refractivity contribution in [3.8, 4) is 0 Å². The molecule has 5 heteroatoms. The van der Waals surface area contributed by atoms with Crippen molar-refractivity contribution in [1.82, 2.24) is 0 Å². The summed E-state index contributed by atoms with van der Waals surface area (Å²) in [5.41, 5.74) is 8.77. The molecule has 0 saturated carbocycles. The predicted octanol–water partition coefficient (Wildman–Crippen LogP) is 2.88. The number of piperidine rings is 1. The lowest BCUT2D eigenvalue weighted by Gasteiger charge is -2.37. The maximum absolute atomic E-state index is 11.7. The number of hydrogen-bond donors (Lipinski definition) is 2. The number of nitrogens with zero attached hydrogens (tertiary/aromatic N) is 1. The molecule has 3 unspecified atom stereocenters. The third-order valence-corrected chi connectivity index (χ3v) is 4.84. The van der Waals surface area contributed by atoms with Crippen LogP contribution >= 0.6 is 15.9 Å². The molecule has 1 fully saturated rings. The Hall–Kier alpha value is -1.07. The van der Waals surface area contributed by atoms with E-state index < -0.39 is 6.04 Å². The van der Waals surface area contributed by atoms with Crippen LogP contribution in [0.3, 0.4) is 0 Å². The first-order valence-corrected chi connectivity index (χ1v) is 7.90. The normalized spacial score (nSPS) is 29.3. The van der Waals surface area contributed by atoms with Crippen LogP contribution in [0, 0.1) is 11.8 Å². The number of halogens is 1. The van der Waals surface area contributed by atoms with Gasteiger partial charge in [0.2, 0.25) is 5.91 Å². The van der Waals surface area contributed by atoms with Crippen molar-refractivity contribution >= 4 is 33.2 Å². The monoisotopic (exact) mass is 337 g/mol. The average Bonchev–Trinajstić information content (AvgIpc) is 2.63. The minimum absolute atomic E-state index is 0.121. The van der Waals surface area contributed by atoms with E-state index in [1.807, 2.05) is 6.07 Å². The van der Waals surface area contributed by atoms with Gasteiger partial charge in [0.1, 0.15) is 6.04 Å². The van der Waals surface area contributed by atoms with Crippen LogP contribution in [0.25, 0.3) is 0 Å². The number of nitrogens with two attached hydrogens (primary N) is 1. The molecule has 0 radical (unpaired) electrons. The smallest absolute Gasteiger partial charge is 0.245 e. The fourth-order valence-corrected chi connectivity index (χ4v) is 4.01. The summed E-state index contributed by atoms with van der Waals surface area (Å²) in [5, 5.41) is 2.86. The highest BCUT2D eigenvalue weighted by Crippen LogP contribution is 2.39. The summed E-state index contributed by atoms with van der Waals surface area (Å²) in [6, 6.07) is 3.49. The second kappa shape index (κ2) is 5.04. The third-order valence-electron chi connectivity index (χ3n) is 4.20. The van der Waals surface area contributed by atoms with Gasteiger partial charge in [-0.05, 0) is 46.3 Å². The Balaban J connectivity index is 1.95. The summed E-state index contributed by atoms with van der Waals surface area (Å²) >= 11 is 3.64. The van der Waals surface area contributed by atoms with Gasteiger partial charge in [0.05, 0.1) is 5.69 Å². The molecular formula is C15H20BrN3O. The van der Waals surface area contributed by atoms with Gasteiger partial charge in [-0.3, -0.25) is 4.79 Å². The van der Waals surface area contributed by atoms with Crippen molar-refractivity contribution in [3.63, 3.8) is 0 Å². The van der Waals surface area contributed by atoms with E-state index in [9.17, 15) is 4.79 Å². The molecule has 3 rings (SSSR count). The first-order valence-electron chi connectivity index (χ1n) is 7.10. The summed E-state index contributed by atoms with van der Waals surface area (Å²) < 4.78 is 1.02. The maximum Gasteiger partial charge on any atom is 0.245 e. The number of rotatable bonds is 1. The number of carbonyl (C=O) groups is 1. The Labute approximate surface area is 127 Å². The molecule has 0 spiro atoms. The van der Waals surface area contributed by atoms with Crippen molar-refractivity contribution in [2.75, 3.05) is 23.3 Å². The molecule has 0 aromatic heterocycles. The fourth-order valence-electron chi connectivity index (χ4n) is 3.40. The Morgan fingerprint density at radius 2 is 1.95 bits per heavy atom. The number of fused-ring (bicyclic) bond motifs is 1. The molecule has 3 atom stereocenters. The van der Waals surface area contributed by atoms with Crippen molar-refractivity contribution in [2.24, 2.45) is 17.6 Å². The molecule has 0 bridgehead atoms. The van der Waals surface area contributed by atoms with E-state index in [0.717, 1.165) is 34.5 Å². The maximum atomic E-state index is 11.7. The second-order valence-corrected chi connectivity index (χ2v) is 7.06. The first-order chi connectivity index (χ1) is 9.45. The SMILES string of the molecule is CC1CC(C)CN(c2cc3c(cc2Br)C(N)C(=O)N3)C1. The van der Waals surface area contributed by atoms with E-state index in [1.165, 1.54) is 6.42 Å². The summed E-state index contributed by atoms with van der Waals surface area (Å²) in [5.74, 6) is 1.26. The van der Waals surface area contributed by atoms with Crippen molar-refractivity contribution in [1.29, 1.82) is 0 Å². The topological polar surface area (TPSA) is 58.4 Å². The lowest BCUT2D eigenvalue weighted by Crippen LogP contribution is -2.38. The van der Waals surface area contributed by atoms with Gasteiger partial charge in [-0.2, -0.15) is 0 Å². The van der Waals surface area contributed by atoms with Gasteiger partial charge in [0.15, 0.2) is 0 Å². The number of amides is 1. The quantitative estimate of drug-likeness (QED) is 0.828. The molecule has 3 N–H and O–H groups in total. The Kier molecular flexibility index (Phi) is 3.50. The first kappa shape index (κ1) is 13.9. The van der Waals surface area contributed by atoms with Gasteiger partial charge >= 0.3 is 0 Å². The molecule has 1 aromatic carbocycles. The molecule has 2 heterocycles. The Bertz CT molecular complexity index is 550. The fraction of sp³-hybridized carbons (Fsp3) is 0.533. The van der Waals surface area contributed by atoms with Crippen LogP contribution in [-0.4, -0.2) is 19.0 Å². The van der Waals surface area contributed by atoms with Crippen LogP contribution in [0.4, 0.5) is 11.4 Å². The number of benzene rings is 1. The van der Waals surface area contributed by atoms with Gasteiger partial charge in [-0.1, -0.05) is 13.8 Å². The van der Waals surface area contributed by atoms with Gasteiger partial charge in [-0.25, -0.2) is 0 Å². The minimum atomic E-state index is -0.547. The number of anilines is 2. The molecule has 20 heavy (non-hydrogen) atoms. The van der Waals surface area contributed by atoms with Crippen LogP contribution in [-0.2, 0) is 4.79 Å². The van der Waals surface area contributed by atoms with Crippen LogP contribution in [0.1, 0.15) is 31.9 Å². The van der Waals surface area contributed by atoms with Gasteiger partial charge in [0.25, 0.3) is 0 Å². The second-order valence-electron chi connectivity index (χ2n) is 6.21. The molecule has 2 aliphatic heterocycles. The number of carbonyl (C=O) groups excluding carboxylic acids is 1. The molecule has 0 aliphatic carbocycles. The lowest BCUT2D eigenvalue weighted by atomic mass is 9.91. The van der Waals surface area contributed by atoms with E-state index in [0.29, 0.717) is 11.8 Å². The van der Waals surface area contributed by atoms with Crippen LogP contribution in [0.15, 0.2) is 16.6 Å². The van der Waals surface area contributed by atoms with Gasteiger partial charge in [0, 0.05) is 28.8 Å². The van der Waals surface area contributed by atoms with Gasteiger partial charge in [-0.15, -0.1) is 0 Å². The van der Waals surface area contributed by atoms with Gasteiger partial charge < -0.3 is 16.0 Å². The summed E-state index contributed by atoms with van der Waals surface area (Å²) in [7, 11) is 0. The standard InChI is InChI=1S/C15H20BrN3O/c1-8-3-9(2)7-19(6-8)13-5-12-10(4-11(13)16)14(17)15(20)18-12/h4-5,8-9,14H,3,6-7,17H2,1-2H3,(H,18,20). The summed E-state index contributed by atoms with van der Waals surface area (Å²) in [4.78, 5) is 14.1. The zero-order chi connectivity index (χ0) is 14.4. The van der Waals surface area contributed by atoms with E-state index in [1.54, 1.807) is 0 Å². The molecule has 1 saturated heterocycles. The Morgan fingerprint density at radius 3 is 2.60 bits per heavy atom. The van der Waals surface area contributed by atoms with Crippen LogP contribution < -0.4 is 16.0 Å². The van der Waals surface area contributed by atoms with E-state index >= 15 is 0 Å². The largest absolute Gasteiger partial charge is 0.370 e. The van der Waals surface area contributed by atoms with Crippen molar-refractivity contribution in [2.45, 2.75) is 26.3 Å². The van der Waals surface area contributed by atoms with Crippen LogP contribution in [0.5, 0.6) is 0 Å². The molecule has 4 nitrogen and oxygen atoms in total. The van der Waals surface area contributed by atoms with E-state index in [2.05, 4.69) is 46.1 Å². The lowest BCUT2D eigenvalue weighted by molar-refractivity contribution is -0.116. The summed E-state index contributed by atoms with van der Waals surface area (Å²) in [6.07, 6.45) is 1.28. The van der Waals surface area contributed by atoms with Crippen molar-refractivity contribution < 1.29 is 4.79 Å². The minimum Gasteiger partial charge on any atom is -0.370 e. The molecule has 1 aromatic rings. The number of nitrogens with one attached hydrogen (secondary N) is 1. The van der Waals surface area contributed by atoms with E-state index in [4.69, 9.17) is 5.73 Å². The molecular weight excluding hydrogens is 318 g/mol. The van der Waals surface area contributed by atoms with Crippen LogP contribution in [0.2, 0.25) is 0 Å². The third kappa shape index (κ3) is 2.33. The molecule has 1 amide bonds. The highest BCUT2D eigenvalue weighted by molar-refractivity contribution is 9.10. The highest BCUT2D eigenvalue weighted by atomic mass is 79.9. The summed E-state index contributed by atoms with van der Waals surface area (Å²) in [6.45, 7) is 6.70. The molecule has 2 aliphatic rings.